The summed E-state index contributed by atoms with van der Waals surface area (Å²) in [5, 5.41) is -0.284. The zero-order valence-electron chi connectivity index (χ0n) is 5.79. The predicted octanol–water partition coefficient (Wildman–Crippen LogP) is 4.01. The molecular weight excluding hydrogens is 341 g/mol. The van der Waals surface area contributed by atoms with Gasteiger partial charge in [-0.2, -0.15) is 13.2 Å². The molecule has 13 heavy (non-hydrogen) atoms. The highest BCUT2D eigenvalue weighted by molar-refractivity contribution is 14.1. The van der Waals surface area contributed by atoms with Gasteiger partial charge in [0.2, 0.25) is 0 Å². The van der Waals surface area contributed by atoms with Crippen LogP contribution in [0.3, 0.4) is 0 Å². The Morgan fingerprint density at radius 3 is 2.23 bits per heavy atom. The number of hydrogen-bond donors (Lipinski definition) is 0. The molecule has 0 spiro atoms. The van der Waals surface area contributed by atoms with E-state index in [0.29, 0.717) is 3.57 Å². The summed E-state index contributed by atoms with van der Waals surface area (Å²) < 4.78 is 36.6. The lowest BCUT2D eigenvalue weighted by Gasteiger charge is -2.07. The molecule has 0 fully saturated rings. The molecule has 0 atom stereocenters. The molecule has 0 unspecified atom stereocenters. The summed E-state index contributed by atoms with van der Waals surface area (Å²) in [4.78, 5) is 3.15. The Hall–Kier alpha value is 0.250. The second-order valence-corrected chi connectivity index (χ2v) is 3.94. The number of hydrogen-bond acceptors (Lipinski definition) is 1. The topological polar surface area (TPSA) is 12.9 Å². The fourth-order valence-electron chi connectivity index (χ4n) is 0.614. The minimum absolute atomic E-state index is 0.0482. The minimum Gasteiger partial charge on any atom is -0.230 e. The first-order chi connectivity index (χ1) is 5.82. The van der Waals surface area contributed by atoms with Crippen molar-refractivity contribution < 1.29 is 13.2 Å². The number of nitrogens with zero attached hydrogens (tertiary/aromatic N) is 1. The molecule has 0 aromatic carbocycles. The van der Waals surface area contributed by atoms with Gasteiger partial charge in [0.25, 0.3) is 0 Å². The fourth-order valence-corrected chi connectivity index (χ4v) is 1.32. The van der Waals surface area contributed by atoms with Crippen LogP contribution in [0.1, 0.15) is 5.69 Å². The van der Waals surface area contributed by atoms with Crippen LogP contribution in [0, 0.1) is 3.57 Å². The van der Waals surface area contributed by atoms with Crippen molar-refractivity contribution in [2.24, 2.45) is 0 Å². The smallest absolute Gasteiger partial charge is 0.230 e. The largest absolute Gasteiger partial charge is 0.433 e. The van der Waals surface area contributed by atoms with Crippen molar-refractivity contribution in [3.05, 3.63) is 25.5 Å². The quantitative estimate of drug-likeness (QED) is 0.513. The van der Waals surface area contributed by atoms with Crippen LogP contribution in [0.25, 0.3) is 0 Å². The SMILES string of the molecule is FC(F)(F)c1cc(Cl)c(I)c(Cl)n1. The van der Waals surface area contributed by atoms with E-state index < -0.39 is 11.9 Å². The Balaban J connectivity index is 3.29. The fraction of sp³-hybridized carbons (Fsp3) is 0.167. The van der Waals surface area contributed by atoms with Crippen molar-refractivity contribution in [1.82, 2.24) is 4.98 Å². The molecule has 72 valence electrons. The molecule has 0 saturated heterocycles. The third-order valence-corrected chi connectivity index (χ3v) is 3.46. The molecule has 0 aliphatic heterocycles. The van der Waals surface area contributed by atoms with Gasteiger partial charge in [0, 0.05) is 0 Å². The molecule has 1 rings (SSSR count). The van der Waals surface area contributed by atoms with Gasteiger partial charge < -0.3 is 0 Å². The van der Waals surface area contributed by atoms with E-state index in [9.17, 15) is 13.2 Å². The van der Waals surface area contributed by atoms with Gasteiger partial charge in [-0.1, -0.05) is 23.2 Å². The van der Waals surface area contributed by atoms with Crippen LogP contribution in [-0.2, 0) is 6.18 Å². The van der Waals surface area contributed by atoms with Crippen molar-refractivity contribution in [1.29, 1.82) is 0 Å². The second kappa shape index (κ2) is 3.78. The Kier molecular flexibility index (Phi) is 3.29. The second-order valence-electron chi connectivity index (χ2n) is 2.09. The van der Waals surface area contributed by atoms with Gasteiger partial charge in [0.05, 0.1) is 8.59 Å². The number of halogens is 6. The summed E-state index contributed by atoms with van der Waals surface area (Å²) >= 11 is 12.6. The number of aromatic nitrogens is 1. The van der Waals surface area contributed by atoms with E-state index in [0.717, 1.165) is 6.07 Å². The lowest BCUT2D eigenvalue weighted by Crippen LogP contribution is -2.08. The molecule has 0 saturated carbocycles. The molecule has 7 heteroatoms. The Morgan fingerprint density at radius 1 is 1.31 bits per heavy atom. The van der Waals surface area contributed by atoms with Crippen molar-refractivity contribution in [2.45, 2.75) is 6.18 Å². The molecule has 0 bridgehead atoms. The van der Waals surface area contributed by atoms with E-state index in [1.807, 2.05) is 0 Å². The summed E-state index contributed by atoms with van der Waals surface area (Å²) in [6.07, 6.45) is -4.52. The van der Waals surface area contributed by atoms with Gasteiger partial charge in [-0.15, -0.1) is 0 Å². The van der Waals surface area contributed by atoms with Crippen LogP contribution in [0.15, 0.2) is 6.07 Å². The molecule has 0 aliphatic rings. The van der Waals surface area contributed by atoms with E-state index in [4.69, 9.17) is 23.2 Å². The maximum Gasteiger partial charge on any atom is 0.433 e. The Labute approximate surface area is 95.4 Å². The maximum atomic E-state index is 12.1. The molecule has 0 radical (unpaired) electrons. The highest BCUT2D eigenvalue weighted by Gasteiger charge is 2.33. The summed E-state index contributed by atoms with van der Waals surface area (Å²) in [6, 6.07) is 0.745. The lowest BCUT2D eigenvalue weighted by atomic mass is 10.3. The van der Waals surface area contributed by atoms with Gasteiger partial charge in [-0.25, -0.2) is 4.98 Å². The van der Waals surface area contributed by atoms with Gasteiger partial charge in [0.15, 0.2) is 0 Å². The molecular formula is C6HCl2F3IN. The first-order valence-electron chi connectivity index (χ1n) is 2.91. The Morgan fingerprint density at radius 2 is 1.85 bits per heavy atom. The summed E-state index contributed by atoms with van der Waals surface area (Å²) in [7, 11) is 0. The van der Waals surface area contributed by atoms with Gasteiger partial charge >= 0.3 is 6.18 Å². The van der Waals surface area contributed by atoms with E-state index in [1.54, 1.807) is 22.6 Å². The predicted molar refractivity (Wildman–Crippen MR) is 52.0 cm³/mol. The highest BCUT2D eigenvalue weighted by Crippen LogP contribution is 2.33. The molecule has 0 amide bonds. The number of rotatable bonds is 0. The summed E-state index contributed by atoms with van der Waals surface area (Å²) in [5.41, 5.74) is -1.08. The van der Waals surface area contributed by atoms with Crippen molar-refractivity contribution in [3.8, 4) is 0 Å². The standard InChI is InChI=1S/C6HCl2F3IN/c7-2-1-3(6(9,10)11)13-5(8)4(2)12/h1H. The van der Waals surface area contributed by atoms with Crippen LogP contribution in [0.2, 0.25) is 10.2 Å². The molecule has 1 heterocycles. The number of alkyl halides is 3. The lowest BCUT2D eigenvalue weighted by molar-refractivity contribution is -0.141. The van der Waals surface area contributed by atoms with Gasteiger partial charge in [-0.05, 0) is 28.7 Å². The third-order valence-electron chi connectivity index (χ3n) is 1.16. The zero-order valence-corrected chi connectivity index (χ0v) is 9.46. The number of pyridine rings is 1. The zero-order chi connectivity index (χ0) is 10.2. The van der Waals surface area contributed by atoms with E-state index >= 15 is 0 Å². The molecule has 0 aliphatic carbocycles. The molecule has 0 N–H and O–H groups in total. The van der Waals surface area contributed by atoms with Crippen LogP contribution >= 0.6 is 45.8 Å². The van der Waals surface area contributed by atoms with Crippen LogP contribution in [-0.4, -0.2) is 4.98 Å². The van der Waals surface area contributed by atoms with E-state index in [2.05, 4.69) is 4.98 Å². The van der Waals surface area contributed by atoms with Crippen LogP contribution in [0.4, 0.5) is 13.2 Å². The third kappa shape index (κ3) is 2.60. The highest BCUT2D eigenvalue weighted by atomic mass is 127. The van der Waals surface area contributed by atoms with Gasteiger partial charge in [0.1, 0.15) is 10.8 Å². The van der Waals surface area contributed by atoms with Crippen molar-refractivity contribution in [3.63, 3.8) is 0 Å². The summed E-state index contributed by atoms with van der Waals surface area (Å²) in [5.74, 6) is 0. The first-order valence-corrected chi connectivity index (χ1v) is 4.74. The summed E-state index contributed by atoms with van der Waals surface area (Å²) in [6.45, 7) is 0. The van der Waals surface area contributed by atoms with Crippen molar-refractivity contribution >= 4 is 45.8 Å². The molecule has 1 aromatic rings. The monoisotopic (exact) mass is 341 g/mol. The van der Waals surface area contributed by atoms with E-state index in [1.165, 1.54) is 0 Å². The molecule has 1 aromatic heterocycles. The van der Waals surface area contributed by atoms with Crippen molar-refractivity contribution in [2.75, 3.05) is 0 Å². The average molecular weight is 342 g/mol. The average Bonchev–Trinajstić information content (AvgIpc) is 1.97. The van der Waals surface area contributed by atoms with Crippen LogP contribution in [0.5, 0.6) is 0 Å². The molecule has 1 nitrogen and oxygen atoms in total. The normalized spacial score (nSPS) is 11.8. The first kappa shape index (κ1) is 11.3. The van der Waals surface area contributed by atoms with Crippen LogP contribution < -0.4 is 0 Å². The van der Waals surface area contributed by atoms with E-state index in [-0.39, 0.29) is 10.2 Å². The maximum absolute atomic E-state index is 12.1. The van der Waals surface area contributed by atoms with Gasteiger partial charge in [-0.3, -0.25) is 0 Å². The minimum atomic E-state index is -4.52. The Bertz CT molecular complexity index is 316.